The third kappa shape index (κ3) is 9.60. The minimum absolute atomic E-state index is 0. The molecular formula is C43H60Cl2N4O. The second-order valence-electron chi connectivity index (χ2n) is 14.9. The van der Waals surface area contributed by atoms with Crippen LogP contribution in [-0.2, 0) is 15.6 Å². The van der Waals surface area contributed by atoms with E-state index in [0.717, 1.165) is 77.4 Å². The van der Waals surface area contributed by atoms with Crippen LogP contribution in [0.15, 0.2) is 95.8 Å². The standard InChI is InChI=1S/C43H58N4O.2ClH/c1-42(2)35-20-10-12-22-37(35)46(5)39(42)27-25-33-18-17-19-34(32-33)26-28-40-43(3,4)36-21-11-13-23-38(36)47(40)31-16-8-9-24-41(48)45-30-15-7-6-14-29-44;;/h10-13,20-23,25-28,32H,6-9,14-19,24,29-31,44H2,1-5H3;2*1H. The zero-order valence-corrected chi connectivity index (χ0v) is 32.6. The quantitative estimate of drug-likeness (QED) is 0.162. The molecule has 3 N–H and O–H groups in total. The molecule has 2 heterocycles. The maximum absolute atomic E-state index is 12.3. The second-order valence-corrected chi connectivity index (χ2v) is 14.9. The first kappa shape index (κ1) is 41.3. The van der Waals surface area contributed by atoms with Crippen LogP contribution in [0, 0.1) is 0 Å². The lowest BCUT2D eigenvalue weighted by atomic mass is 9.81. The van der Waals surface area contributed by atoms with Crippen molar-refractivity contribution in [2.75, 3.05) is 31.6 Å². The number of nitrogens with one attached hydrogen (secondary N) is 1. The van der Waals surface area contributed by atoms with Crippen molar-refractivity contribution in [1.82, 2.24) is 5.32 Å². The Balaban J connectivity index is 0.00000338. The van der Waals surface area contributed by atoms with Gasteiger partial charge in [0.15, 0.2) is 5.71 Å². The van der Waals surface area contributed by atoms with E-state index in [0.29, 0.717) is 6.42 Å². The van der Waals surface area contributed by atoms with E-state index in [4.69, 9.17) is 5.73 Å². The maximum atomic E-state index is 12.3. The van der Waals surface area contributed by atoms with Gasteiger partial charge in [0.1, 0.15) is 7.05 Å². The second kappa shape index (κ2) is 18.9. The summed E-state index contributed by atoms with van der Waals surface area (Å²) in [5.74, 6) is 0.186. The number of nitrogens with two attached hydrogens (primary N) is 1. The van der Waals surface area contributed by atoms with E-state index in [2.05, 4.69) is 128 Å². The molecule has 0 fully saturated rings. The molecule has 1 amide bonds. The van der Waals surface area contributed by atoms with Crippen LogP contribution < -0.4 is 28.4 Å². The molecule has 5 nitrogen and oxygen atoms in total. The summed E-state index contributed by atoms with van der Waals surface area (Å²) in [5, 5.41) is 3.10. The lowest BCUT2D eigenvalue weighted by Crippen LogP contribution is -3.00. The summed E-state index contributed by atoms with van der Waals surface area (Å²) in [5.41, 5.74) is 16.4. The predicted octanol–water partition coefficient (Wildman–Crippen LogP) is 6.59. The molecule has 50 heavy (non-hydrogen) atoms. The number of para-hydroxylation sites is 2. The smallest absolute Gasteiger partial charge is 0.219 e. The molecule has 0 unspecified atom stereocenters. The van der Waals surface area contributed by atoms with Crippen LogP contribution in [0.3, 0.4) is 0 Å². The zero-order valence-electron chi connectivity index (χ0n) is 31.1. The molecule has 7 heteroatoms. The Bertz CT molecular complexity index is 1610. The topological polar surface area (TPSA) is 61.4 Å². The SMILES string of the molecule is C[N+]1=C(/C=C/C2=CC(=C/C=C3/N(CCCCCC(=O)NCCCCCCN)c4ccccc4C3(C)C)/CCC2)C(C)(C)c2ccccc21.Cl.[Cl-]. The fourth-order valence-corrected chi connectivity index (χ4v) is 7.87. The molecular weight excluding hydrogens is 659 g/mol. The van der Waals surface area contributed by atoms with Gasteiger partial charge < -0.3 is 28.4 Å². The van der Waals surface area contributed by atoms with Crippen LogP contribution in [-0.4, -0.2) is 42.9 Å². The van der Waals surface area contributed by atoms with Crippen molar-refractivity contribution < 1.29 is 21.8 Å². The van der Waals surface area contributed by atoms with Gasteiger partial charge in [0.2, 0.25) is 11.6 Å². The zero-order chi connectivity index (χ0) is 34.1. The van der Waals surface area contributed by atoms with Crippen molar-refractivity contribution >= 4 is 35.4 Å². The van der Waals surface area contributed by atoms with Gasteiger partial charge in [-0.2, -0.15) is 4.58 Å². The van der Waals surface area contributed by atoms with Crippen LogP contribution in [0.2, 0.25) is 0 Å². The first-order chi connectivity index (χ1) is 23.1. The number of amides is 1. The number of carbonyl (C=O) groups is 1. The number of carbonyl (C=O) groups excluding carboxylic acids is 1. The van der Waals surface area contributed by atoms with E-state index in [1.54, 1.807) is 0 Å². The molecule has 0 saturated carbocycles. The molecule has 0 bridgehead atoms. The van der Waals surface area contributed by atoms with Crippen molar-refractivity contribution in [3.63, 3.8) is 0 Å². The highest BCUT2D eigenvalue weighted by Crippen LogP contribution is 2.48. The van der Waals surface area contributed by atoms with Crippen molar-refractivity contribution in [2.24, 2.45) is 5.73 Å². The van der Waals surface area contributed by atoms with Crippen LogP contribution in [0.25, 0.3) is 0 Å². The number of fused-ring (bicyclic) bond motifs is 2. The number of hydrogen-bond acceptors (Lipinski definition) is 3. The number of nitrogens with zero attached hydrogens (tertiary/aromatic N) is 2. The molecule has 0 aromatic heterocycles. The predicted molar refractivity (Wildman–Crippen MR) is 211 cm³/mol. The third-order valence-electron chi connectivity index (χ3n) is 10.7. The van der Waals surface area contributed by atoms with Gasteiger partial charge in [0.25, 0.3) is 0 Å². The van der Waals surface area contributed by atoms with Gasteiger partial charge in [-0.3, -0.25) is 4.79 Å². The first-order valence-corrected chi connectivity index (χ1v) is 18.5. The average Bonchev–Trinajstić information content (AvgIpc) is 3.42. The van der Waals surface area contributed by atoms with Crippen LogP contribution in [0.1, 0.15) is 109 Å². The number of hydrogen-bond donors (Lipinski definition) is 2. The fourth-order valence-electron chi connectivity index (χ4n) is 7.87. The molecule has 3 aliphatic rings. The summed E-state index contributed by atoms with van der Waals surface area (Å²) in [4.78, 5) is 14.9. The van der Waals surface area contributed by atoms with Crippen LogP contribution >= 0.6 is 12.4 Å². The molecule has 272 valence electrons. The third-order valence-corrected chi connectivity index (χ3v) is 10.7. The van der Waals surface area contributed by atoms with Crippen molar-refractivity contribution in [1.29, 1.82) is 0 Å². The molecule has 2 aromatic rings. The minimum Gasteiger partial charge on any atom is -1.00 e. The van der Waals surface area contributed by atoms with Crippen molar-refractivity contribution in [2.45, 2.75) is 109 Å². The van der Waals surface area contributed by atoms with Gasteiger partial charge in [-0.1, -0.05) is 87.7 Å². The monoisotopic (exact) mass is 718 g/mol. The number of benzene rings is 2. The lowest BCUT2D eigenvalue weighted by molar-refractivity contribution is -0.401. The fraction of sp³-hybridized carbons (Fsp3) is 0.488. The van der Waals surface area contributed by atoms with Gasteiger partial charge in [-0.25, -0.2) is 0 Å². The molecule has 1 aliphatic carbocycles. The summed E-state index contributed by atoms with van der Waals surface area (Å²) in [7, 11) is 2.19. The lowest BCUT2D eigenvalue weighted by Gasteiger charge is -2.27. The first-order valence-electron chi connectivity index (χ1n) is 18.5. The number of anilines is 1. The molecule has 0 radical (unpaired) electrons. The van der Waals surface area contributed by atoms with E-state index in [1.165, 1.54) is 51.5 Å². The Labute approximate surface area is 314 Å². The average molecular weight is 720 g/mol. The van der Waals surface area contributed by atoms with Crippen molar-refractivity contribution in [3.8, 4) is 0 Å². The van der Waals surface area contributed by atoms with E-state index in [1.807, 2.05) is 0 Å². The number of allylic oxidation sites excluding steroid dienone is 8. The van der Waals surface area contributed by atoms with E-state index in [9.17, 15) is 4.79 Å². The van der Waals surface area contributed by atoms with Gasteiger partial charge >= 0.3 is 0 Å². The van der Waals surface area contributed by atoms with E-state index in [-0.39, 0.29) is 41.6 Å². The molecule has 0 saturated heterocycles. The number of halogens is 2. The highest BCUT2D eigenvalue weighted by Gasteiger charge is 2.42. The summed E-state index contributed by atoms with van der Waals surface area (Å²) >= 11 is 0. The summed E-state index contributed by atoms with van der Waals surface area (Å²) < 4.78 is 2.35. The molecule has 2 aliphatic heterocycles. The largest absolute Gasteiger partial charge is 1.00 e. The van der Waals surface area contributed by atoms with Crippen LogP contribution in [0.4, 0.5) is 11.4 Å². The maximum Gasteiger partial charge on any atom is 0.219 e. The summed E-state index contributed by atoms with van der Waals surface area (Å²) in [6.07, 6.45) is 23.3. The van der Waals surface area contributed by atoms with E-state index < -0.39 is 0 Å². The van der Waals surface area contributed by atoms with Crippen molar-refractivity contribution in [3.05, 3.63) is 107 Å². The Morgan fingerprint density at radius 3 is 2.32 bits per heavy atom. The molecule has 5 rings (SSSR count). The normalized spacial score (nSPS) is 18.9. The van der Waals surface area contributed by atoms with E-state index >= 15 is 0 Å². The Morgan fingerprint density at radius 2 is 1.56 bits per heavy atom. The Kier molecular flexibility index (Phi) is 15.6. The number of rotatable bonds is 15. The van der Waals surface area contributed by atoms with Gasteiger partial charge in [-0.15, -0.1) is 12.4 Å². The highest BCUT2D eigenvalue weighted by atomic mass is 35.5. The van der Waals surface area contributed by atoms with Crippen LogP contribution in [0.5, 0.6) is 0 Å². The minimum atomic E-state index is -0.0664. The summed E-state index contributed by atoms with van der Waals surface area (Å²) in [6.45, 7) is 11.9. The molecule has 0 atom stereocenters. The highest BCUT2D eigenvalue weighted by molar-refractivity contribution is 6.03. The Morgan fingerprint density at radius 1 is 0.860 bits per heavy atom. The number of unbranched alkanes of at least 4 members (excludes halogenated alkanes) is 5. The van der Waals surface area contributed by atoms with Gasteiger partial charge in [0, 0.05) is 54.0 Å². The van der Waals surface area contributed by atoms with Gasteiger partial charge in [-0.05, 0) is 94.2 Å². The summed E-state index contributed by atoms with van der Waals surface area (Å²) in [6, 6.07) is 17.7. The van der Waals surface area contributed by atoms with Gasteiger partial charge in [0.05, 0.1) is 5.41 Å². The molecule has 2 aromatic carbocycles. The molecule has 0 spiro atoms. The Hall–Kier alpha value is -3.12.